The van der Waals surface area contributed by atoms with Crippen LogP contribution < -0.4 is 11.3 Å². The van der Waals surface area contributed by atoms with Crippen molar-refractivity contribution in [2.75, 3.05) is 5.73 Å². The molecule has 1 aliphatic carbocycles. The zero-order valence-corrected chi connectivity index (χ0v) is 11.6. The molecule has 0 aromatic carbocycles. The van der Waals surface area contributed by atoms with Crippen molar-refractivity contribution < 1.29 is 0 Å². The molecule has 0 radical (unpaired) electrons. The lowest BCUT2D eigenvalue weighted by atomic mass is 10.0. The van der Waals surface area contributed by atoms with Gasteiger partial charge in [-0.25, -0.2) is 4.68 Å². The maximum absolute atomic E-state index is 12.2. The zero-order chi connectivity index (χ0) is 13.1. The van der Waals surface area contributed by atoms with E-state index in [0.717, 1.165) is 31.6 Å². The summed E-state index contributed by atoms with van der Waals surface area (Å²) in [5, 5.41) is 0. The maximum Gasteiger partial charge on any atom is 0.290 e. The van der Waals surface area contributed by atoms with Gasteiger partial charge < -0.3 is 5.73 Å². The quantitative estimate of drug-likeness (QED) is 0.874. The van der Waals surface area contributed by atoms with Crippen molar-refractivity contribution in [3.05, 3.63) is 16.0 Å². The van der Waals surface area contributed by atoms with Gasteiger partial charge in [0.1, 0.15) is 5.69 Å². The van der Waals surface area contributed by atoms with Crippen LogP contribution in [0, 0.1) is 0 Å². The molecule has 2 rings (SSSR count). The molecule has 1 aromatic heterocycles. The fraction of sp³-hybridized carbons (Fsp3) is 0.786. The molecular weight excluding hydrogens is 226 g/mol. The topological polar surface area (TPSA) is 52.9 Å². The van der Waals surface area contributed by atoms with Gasteiger partial charge >= 0.3 is 0 Å². The Labute approximate surface area is 109 Å². The monoisotopic (exact) mass is 251 g/mol. The van der Waals surface area contributed by atoms with E-state index in [1.54, 1.807) is 0 Å². The Morgan fingerprint density at radius 1 is 1.11 bits per heavy atom. The molecule has 0 unspecified atom stereocenters. The summed E-state index contributed by atoms with van der Waals surface area (Å²) in [7, 11) is 0. The smallest absolute Gasteiger partial charge is 0.290 e. The van der Waals surface area contributed by atoms with Gasteiger partial charge in [0, 0.05) is 19.0 Å². The van der Waals surface area contributed by atoms with E-state index in [4.69, 9.17) is 5.73 Å². The molecule has 1 aromatic rings. The van der Waals surface area contributed by atoms with Gasteiger partial charge in [-0.05, 0) is 25.7 Å². The van der Waals surface area contributed by atoms with Crippen molar-refractivity contribution in [3.8, 4) is 0 Å². The minimum Gasteiger partial charge on any atom is -0.393 e. The number of rotatable bonds is 5. The molecule has 4 nitrogen and oxygen atoms in total. The number of hydrogen-bond acceptors (Lipinski definition) is 2. The highest BCUT2D eigenvalue weighted by atomic mass is 16.1. The van der Waals surface area contributed by atoms with Gasteiger partial charge in [0.2, 0.25) is 0 Å². The predicted molar refractivity (Wildman–Crippen MR) is 74.9 cm³/mol. The first kappa shape index (κ1) is 13.2. The average Bonchev–Trinajstić information content (AvgIpc) is 2.94. The fourth-order valence-corrected chi connectivity index (χ4v) is 3.14. The highest BCUT2D eigenvalue weighted by Gasteiger charge is 2.26. The first-order valence-electron chi connectivity index (χ1n) is 7.29. The highest BCUT2D eigenvalue weighted by Crippen LogP contribution is 2.36. The first-order valence-corrected chi connectivity index (χ1v) is 7.29. The second-order valence-electron chi connectivity index (χ2n) is 5.33. The lowest BCUT2D eigenvalue weighted by Crippen LogP contribution is -2.24. The summed E-state index contributed by atoms with van der Waals surface area (Å²) in [4.78, 5) is 12.2. The third kappa shape index (κ3) is 2.20. The van der Waals surface area contributed by atoms with Crippen LogP contribution in [0.15, 0.2) is 4.79 Å². The van der Waals surface area contributed by atoms with Crippen LogP contribution in [-0.2, 0) is 13.1 Å². The van der Waals surface area contributed by atoms with E-state index < -0.39 is 0 Å². The fourth-order valence-electron chi connectivity index (χ4n) is 3.14. The van der Waals surface area contributed by atoms with E-state index >= 15 is 0 Å². The summed E-state index contributed by atoms with van der Waals surface area (Å²) < 4.78 is 4.02. The van der Waals surface area contributed by atoms with E-state index in [1.165, 1.54) is 25.7 Å². The van der Waals surface area contributed by atoms with Crippen molar-refractivity contribution in [2.24, 2.45) is 0 Å². The normalized spacial score (nSPS) is 16.6. The van der Waals surface area contributed by atoms with Gasteiger partial charge in [0.25, 0.3) is 5.56 Å². The van der Waals surface area contributed by atoms with Crippen molar-refractivity contribution in [1.29, 1.82) is 0 Å². The van der Waals surface area contributed by atoms with E-state index in [0.29, 0.717) is 11.6 Å². The third-order valence-corrected chi connectivity index (χ3v) is 3.92. The maximum atomic E-state index is 12.2. The molecule has 0 atom stereocenters. The number of nitrogen functional groups attached to an aromatic ring is 1. The van der Waals surface area contributed by atoms with Crippen LogP contribution in [-0.4, -0.2) is 9.36 Å². The van der Waals surface area contributed by atoms with Gasteiger partial charge in [0.05, 0.1) is 5.69 Å². The van der Waals surface area contributed by atoms with E-state index in [1.807, 2.05) is 4.68 Å². The molecule has 2 N–H and O–H groups in total. The molecule has 1 fully saturated rings. The molecule has 1 saturated carbocycles. The molecule has 0 spiro atoms. The number of nitrogens with zero attached hydrogens (tertiary/aromatic N) is 2. The second-order valence-corrected chi connectivity index (χ2v) is 5.33. The molecule has 1 aliphatic rings. The van der Waals surface area contributed by atoms with Crippen LogP contribution >= 0.6 is 0 Å². The molecular formula is C14H25N3O. The van der Waals surface area contributed by atoms with E-state index in [9.17, 15) is 4.79 Å². The Hall–Kier alpha value is -1.19. The molecule has 4 heteroatoms. The summed E-state index contributed by atoms with van der Waals surface area (Å²) >= 11 is 0. The Morgan fingerprint density at radius 2 is 1.67 bits per heavy atom. The SMILES string of the molecule is CCCn1c(C2CCCC2)c(N)c(=O)n1CCC. The van der Waals surface area contributed by atoms with Crippen LogP contribution in [0.3, 0.4) is 0 Å². The van der Waals surface area contributed by atoms with Crippen molar-refractivity contribution in [3.63, 3.8) is 0 Å². The molecule has 1 heterocycles. The van der Waals surface area contributed by atoms with Crippen LogP contribution in [0.2, 0.25) is 0 Å². The summed E-state index contributed by atoms with van der Waals surface area (Å²) in [5.74, 6) is 0.502. The number of nitrogens with two attached hydrogens (primary N) is 1. The van der Waals surface area contributed by atoms with Crippen LogP contribution in [0.1, 0.15) is 64.0 Å². The van der Waals surface area contributed by atoms with Gasteiger partial charge in [-0.15, -0.1) is 0 Å². The minimum absolute atomic E-state index is 0.0206. The zero-order valence-electron chi connectivity index (χ0n) is 11.6. The Morgan fingerprint density at radius 3 is 2.22 bits per heavy atom. The van der Waals surface area contributed by atoms with Gasteiger partial charge in [-0.2, -0.15) is 0 Å². The highest BCUT2D eigenvalue weighted by molar-refractivity contribution is 5.44. The predicted octanol–water partition coefficient (Wildman–Crippen LogP) is 2.71. The van der Waals surface area contributed by atoms with Crippen molar-refractivity contribution in [2.45, 2.75) is 71.4 Å². The molecule has 0 saturated heterocycles. The lowest BCUT2D eigenvalue weighted by Gasteiger charge is -2.17. The van der Waals surface area contributed by atoms with Crippen LogP contribution in [0.25, 0.3) is 0 Å². The average molecular weight is 251 g/mol. The molecule has 0 amide bonds. The van der Waals surface area contributed by atoms with Gasteiger partial charge in [-0.1, -0.05) is 26.7 Å². The summed E-state index contributed by atoms with van der Waals surface area (Å²) in [5.41, 5.74) is 7.73. The van der Waals surface area contributed by atoms with Crippen LogP contribution in [0.5, 0.6) is 0 Å². The standard InChI is InChI=1S/C14H25N3O/c1-3-9-16-13(11-7-5-6-8-11)12(15)14(18)17(16)10-4-2/h11H,3-10,15H2,1-2H3. The summed E-state index contributed by atoms with van der Waals surface area (Å²) in [6.45, 7) is 5.92. The largest absolute Gasteiger partial charge is 0.393 e. The summed E-state index contributed by atoms with van der Waals surface area (Å²) in [6, 6.07) is 0. The van der Waals surface area contributed by atoms with Crippen molar-refractivity contribution >= 4 is 5.69 Å². The Kier molecular flexibility index (Phi) is 4.15. The van der Waals surface area contributed by atoms with Crippen molar-refractivity contribution in [1.82, 2.24) is 9.36 Å². The Bertz CT molecular complexity index is 452. The number of aromatic nitrogens is 2. The first-order chi connectivity index (χ1) is 8.70. The van der Waals surface area contributed by atoms with E-state index in [-0.39, 0.29) is 5.56 Å². The van der Waals surface area contributed by atoms with Crippen LogP contribution in [0.4, 0.5) is 5.69 Å². The molecule has 0 aliphatic heterocycles. The lowest BCUT2D eigenvalue weighted by molar-refractivity contribution is 0.412. The summed E-state index contributed by atoms with van der Waals surface area (Å²) in [6.07, 6.45) is 6.91. The van der Waals surface area contributed by atoms with Gasteiger partial charge in [0.15, 0.2) is 0 Å². The molecule has 18 heavy (non-hydrogen) atoms. The van der Waals surface area contributed by atoms with Gasteiger partial charge in [-0.3, -0.25) is 9.48 Å². The number of hydrogen-bond donors (Lipinski definition) is 1. The minimum atomic E-state index is 0.0206. The Balaban J connectivity index is 2.48. The molecule has 0 bridgehead atoms. The third-order valence-electron chi connectivity index (χ3n) is 3.92. The second kappa shape index (κ2) is 5.63. The van der Waals surface area contributed by atoms with E-state index in [2.05, 4.69) is 18.5 Å². The molecule has 102 valence electrons. The number of anilines is 1.